The maximum absolute atomic E-state index is 9.83. The Bertz CT molecular complexity index is 559. The summed E-state index contributed by atoms with van der Waals surface area (Å²) < 4.78 is 15.5. The fourth-order valence-electron chi connectivity index (χ4n) is 2.34. The third-order valence-corrected chi connectivity index (χ3v) is 3.72. The van der Waals surface area contributed by atoms with Gasteiger partial charge in [0.2, 0.25) is 0 Å². The van der Waals surface area contributed by atoms with Crippen LogP contribution in [-0.2, 0) is 9.47 Å². The van der Waals surface area contributed by atoms with E-state index in [0.717, 1.165) is 5.56 Å². The van der Waals surface area contributed by atoms with E-state index in [-0.39, 0.29) is 12.4 Å². The van der Waals surface area contributed by atoms with Crippen LogP contribution >= 0.6 is 0 Å². The average molecular weight is 342 g/mol. The molecule has 2 rings (SSSR count). The molecule has 1 aliphatic rings. The van der Waals surface area contributed by atoms with Crippen molar-refractivity contribution in [2.24, 2.45) is 0 Å². The lowest BCUT2D eigenvalue weighted by molar-refractivity contribution is -0.298. The number of hydrogen-bond acceptors (Lipinski definition) is 8. The quantitative estimate of drug-likeness (QED) is 0.456. The first kappa shape index (κ1) is 18.7. The Balaban J connectivity index is 1.91. The molecule has 8 heteroatoms. The number of rotatable bonds is 6. The molecule has 1 heterocycles. The Morgan fingerprint density at radius 2 is 1.92 bits per heavy atom. The number of aromatic hydroxyl groups is 1. The summed E-state index contributed by atoms with van der Waals surface area (Å²) in [6.45, 7) is -0.445. The Morgan fingerprint density at radius 1 is 1.17 bits per heavy atom. The molecule has 0 amide bonds. The molecule has 1 aliphatic heterocycles. The number of aliphatic hydroxyl groups excluding tert-OH is 4. The molecule has 5 N–H and O–H groups in total. The van der Waals surface area contributed by atoms with Crippen LogP contribution in [0.5, 0.6) is 11.5 Å². The van der Waals surface area contributed by atoms with Crippen LogP contribution in [0.3, 0.4) is 0 Å². The van der Waals surface area contributed by atoms with E-state index in [1.165, 1.54) is 13.2 Å². The fourth-order valence-corrected chi connectivity index (χ4v) is 2.34. The minimum atomic E-state index is -1.47. The van der Waals surface area contributed by atoms with Crippen molar-refractivity contribution < 1.29 is 39.7 Å². The summed E-state index contributed by atoms with van der Waals surface area (Å²) in [6.07, 6.45) is -3.11. The van der Waals surface area contributed by atoms with Crippen LogP contribution in [0.25, 0.3) is 6.08 Å². The smallest absolute Gasteiger partial charge is 0.187 e. The van der Waals surface area contributed by atoms with Crippen LogP contribution in [-0.4, -0.2) is 76.6 Å². The molecule has 5 atom stereocenters. The van der Waals surface area contributed by atoms with Gasteiger partial charge in [-0.05, 0) is 17.7 Å². The molecule has 0 spiro atoms. The summed E-state index contributed by atoms with van der Waals surface area (Å²) in [5, 5.41) is 47.8. The van der Waals surface area contributed by atoms with Crippen LogP contribution < -0.4 is 4.74 Å². The van der Waals surface area contributed by atoms with E-state index in [9.17, 15) is 20.4 Å². The minimum Gasteiger partial charge on any atom is -0.504 e. The summed E-state index contributed by atoms with van der Waals surface area (Å²) in [5.74, 6) is 0.374. The van der Waals surface area contributed by atoms with Gasteiger partial charge in [-0.1, -0.05) is 18.2 Å². The number of benzene rings is 1. The first-order chi connectivity index (χ1) is 11.5. The van der Waals surface area contributed by atoms with Gasteiger partial charge < -0.3 is 39.7 Å². The lowest BCUT2D eigenvalue weighted by Gasteiger charge is -2.39. The fraction of sp³-hybridized carbons (Fsp3) is 0.500. The highest BCUT2D eigenvalue weighted by Crippen LogP contribution is 2.27. The molecule has 1 fully saturated rings. The van der Waals surface area contributed by atoms with Gasteiger partial charge in [0.05, 0.1) is 20.3 Å². The predicted octanol–water partition coefficient (Wildman–Crippen LogP) is -0.770. The van der Waals surface area contributed by atoms with E-state index in [1.54, 1.807) is 24.3 Å². The third kappa shape index (κ3) is 4.23. The van der Waals surface area contributed by atoms with Gasteiger partial charge in [-0.2, -0.15) is 0 Å². The lowest BCUT2D eigenvalue weighted by atomic mass is 9.99. The van der Waals surface area contributed by atoms with Crippen molar-refractivity contribution in [3.8, 4) is 11.5 Å². The van der Waals surface area contributed by atoms with Gasteiger partial charge in [0, 0.05) is 0 Å². The lowest BCUT2D eigenvalue weighted by Crippen LogP contribution is -2.59. The van der Waals surface area contributed by atoms with Crippen LogP contribution in [0, 0.1) is 0 Å². The number of phenolic OH excluding ortho intramolecular Hbond substituents is 1. The SMILES string of the molecule is COc1cc(C=CCO[C@@H]2O[C@H](CO)[C@@H](O)[C@H](O)[C@H]2O)ccc1O. The largest absolute Gasteiger partial charge is 0.504 e. The van der Waals surface area contributed by atoms with E-state index in [0.29, 0.717) is 5.75 Å². The van der Waals surface area contributed by atoms with E-state index in [4.69, 9.17) is 19.3 Å². The zero-order valence-corrected chi connectivity index (χ0v) is 13.1. The molecule has 1 aromatic rings. The number of phenols is 1. The number of ether oxygens (including phenoxy) is 3. The van der Waals surface area contributed by atoms with Gasteiger partial charge >= 0.3 is 0 Å². The van der Waals surface area contributed by atoms with Crippen molar-refractivity contribution >= 4 is 6.08 Å². The third-order valence-electron chi connectivity index (χ3n) is 3.72. The van der Waals surface area contributed by atoms with Crippen molar-refractivity contribution in [3.63, 3.8) is 0 Å². The Morgan fingerprint density at radius 3 is 2.58 bits per heavy atom. The van der Waals surface area contributed by atoms with E-state index in [1.807, 2.05) is 0 Å². The second-order valence-corrected chi connectivity index (χ2v) is 5.36. The molecule has 0 bridgehead atoms. The van der Waals surface area contributed by atoms with Gasteiger partial charge in [-0.15, -0.1) is 0 Å². The maximum atomic E-state index is 9.83. The van der Waals surface area contributed by atoms with Gasteiger partial charge in [0.1, 0.15) is 24.4 Å². The van der Waals surface area contributed by atoms with Gasteiger partial charge in [-0.3, -0.25) is 0 Å². The van der Waals surface area contributed by atoms with Crippen molar-refractivity contribution in [2.45, 2.75) is 30.7 Å². The number of aliphatic hydroxyl groups is 4. The van der Waals surface area contributed by atoms with E-state index >= 15 is 0 Å². The van der Waals surface area contributed by atoms with E-state index in [2.05, 4.69) is 0 Å². The molecule has 0 radical (unpaired) electrons. The molecular weight excluding hydrogens is 320 g/mol. The second kappa shape index (κ2) is 8.43. The van der Waals surface area contributed by atoms with Crippen LogP contribution in [0.1, 0.15) is 5.56 Å². The minimum absolute atomic E-state index is 0.0345. The van der Waals surface area contributed by atoms with Gasteiger partial charge in [0.25, 0.3) is 0 Å². The van der Waals surface area contributed by atoms with Crippen molar-refractivity contribution in [3.05, 3.63) is 29.8 Å². The summed E-state index contributed by atoms with van der Waals surface area (Å²) >= 11 is 0. The maximum Gasteiger partial charge on any atom is 0.187 e. The Labute approximate surface area is 139 Å². The zero-order chi connectivity index (χ0) is 17.7. The first-order valence-electron chi connectivity index (χ1n) is 7.43. The first-order valence-corrected chi connectivity index (χ1v) is 7.43. The number of hydrogen-bond donors (Lipinski definition) is 5. The summed E-state index contributed by atoms with van der Waals surface area (Å²) in [4.78, 5) is 0. The van der Waals surface area contributed by atoms with Crippen LogP contribution in [0.15, 0.2) is 24.3 Å². The highest BCUT2D eigenvalue weighted by Gasteiger charge is 2.43. The predicted molar refractivity (Wildman–Crippen MR) is 83.4 cm³/mol. The highest BCUT2D eigenvalue weighted by molar-refractivity contribution is 5.55. The van der Waals surface area contributed by atoms with Crippen LogP contribution in [0.4, 0.5) is 0 Å². The van der Waals surface area contributed by atoms with Gasteiger partial charge in [0.15, 0.2) is 17.8 Å². The van der Waals surface area contributed by atoms with E-state index < -0.39 is 37.3 Å². The Hall–Kier alpha value is -1.68. The number of methoxy groups -OCH3 is 1. The summed E-state index contributed by atoms with van der Waals surface area (Å²) in [7, 11) is 1.45. The van der Waals surface area contributed by atoms with Crippen molar-refractivity contribution in [2.75, 3.05) is 20.3 Å². The standard InChI is InChI=1S/C16H22O8/c1-22-11-7-9(4-5-10(11)18)3-2-6-23-16-15(21)14(20)13(19)12(8-17)24-16/h2-5,7,12-21H,6,8H2,1H3/t12-,13-,14+,15-,16-/m1/s1. The van der Waals surface area contributed by atoms with Crippen molar-refractivity contribution in [1.82, 2.24) is 0 Å². The monoisotopic (exact) mass is 342 g/mol. The molecule has 24 heavy (non-hydrogen) atoms. The summed E-state index contributed by atoms with van der Waals surface area (Å²) in [6, 6.07) is 4.82. The zero-order valence-electron chi connectivity index (χ0n) is 13.1. The van der Waals surface area contributed by atoms with Crippen LogP contribution in [0.2, 0.25) is 0 Å². The molecule has 0 aromatic heterocycles. The topological polar surface area (TPSA) is 129 Å². The van der Waals surface area contributed by atoms with Crippen molar-refractivity contribution in [1.29, 1.82) is 0 Å². The second-order valence-electron chi connectivity index (χ2n) is 5.36. The Kier molecular flexibility index (Phi) is 6.55. The molecule has 1 saturated heterocycles. The average Bonchev–Trinajstić information content (AvgIpc) is 2.59. The molecule has 1 aromatic carbocycles. The van der Waals surface area contributed by atoms with Gasteiger partial charge in [-0.25, -0.2) is 0 Å². The molecule has 0 saturated carbocycles. The molecule has 134 valence electrons. The highest BCUT2D eigenvalue weighted by atomic mass is 16.7. The molecule has 0 unspecified atom stereocenters. The summed E-state index contributed by atoms with van der Waals surface area (Å²) in [5.41, 5.74) is 0.766. The normalized spacial score (nSPS) is 30.6. The molecule has 0 aliphatic carbocycles. The molecular formula is C16H22O8. The molecule has 8 nitrogen and oxygen atoms in total.